The molecule has 1 N–H and O–H groups in total. The molecule has 0 aliphatic rings. The number of carbonyl (C=O) groups is 2. The fourth-order valence-electron chi connectivity index (χ4n) is 3.34. The summed E-state index contributed by atoms with van der Waals surface area (Å²) >= 11 is 0. The summed E-state index contributed by atoms with van der Waals surface area (Å²) in [7, 11) is -2.53. The summed E-state index contributed by atoms with van der Waals surface area (Å²) in [6, 6.07) is 10.3. The highest BCUT2D eigenvalue weighted by molar-refractivity contribution is 7.92. The number of nitro benzene ring substituents is 1. The summed E-state index contributed by atoms with van der Waals surface area (Å²) < 4.78 is 26.0. The van der Waals surface area contributed by atoms with Crippen LogP contribution in [-0.2, 0) is 26.2 Å². The number of aryl methyl sites for hydroxylation is 2. The molecule has 0 aromatic heterocycles. The molecule has 2 aromatic carbocycles. The first kappa shape index (κ1) is 25.8. The minimum Gasteiger partial charge on any atom is -0.357 e. The van der Waals surface area contributed by atoms with Gasteiger partial charge in [-0.25, -0.2) is 8.42 Å². The van der Waals surface area contributed by atoms with Gasteiger partial charge in [0.1, 0.15) is 12.6 Å². The van der Waals surface area contributed by atoms with E-state index in [0.717, 1.165) is 27.8 Å². The molecule has 2 aromatic rings. The van der Waals surface area contributed by atoms with Crippen LogP contribution in [0.5, 0.6) is 0 Å². The molecule has 1 atom stereocenters. The van der Waals surface area contributed by atoms with Gasteiger partial charge in [-0.3, -0.25) is 24.0 Å². The number of benzene rings is 2. The maximum atomic E-state index is 13.4. The van der Waals surface area contributed by atoms with Crippen LogP contribution in [-0.4, -0.2) is 55.9 Å². The van der Waals surface area contributed by atoms with Crippen molar-refractivity contribution in [1.29, 1.82) is 0 Å². The van der Waals surface area contributed by atoms with Gasteiger partial charge in [0.15, 0.2) is 0 Å². The van der Waals surface area contributed by atoms with Crippen LogP contribution in [0.3, 0.4) is 0 Å². The molecule has 0 bridgehead atoms. The predicted molar refractivity (Wildman–Crippen MR) is 125 cm³/mol. The van der Waals surface area contributed by atoms with Gasteiger partial charge < -0.3 is 10.2 Å². The van der Waals surface area contributed by atoms with Crippen molar-refractivity contribution in [3.05, 3.63) is 69.3 Å². The predicted octanol–water partition coefficient (Wildman–Crippen LogP) is 2.14. The van der Waals surface area contributed by atoms with Crippen LogP contribution in [0, 0.1) is 24.0 Å². The quantitative estimate of drug-likeness (QED) is 0.436. The van der Waals surface area contributed by atoms with Gasteiger partial charge in [0.05, 0.1) is 16.9 Å². The Balaban J connectivity index is 2.49. The third kappa shape index (κ3) is 6.28. The molecular weight excluding hydrogens is 448 g/mol. The minimum absolute atomic E-state index is 0.0310. The van der Waals surface area contributed by atoms with E-state index in [1.165, 1.54) is 24.1 Å². The van der Waals surface area contributed by atoms with E-state index in [-0.39, 0.29) is 17.9 Å². The summed E-state index contributed by atoms with van der Waals surface area (Å²) in [5, 5.41) is 13.7. The van der Waals surface area contributed by atoms with Crippen LogP contribution in [0.25, 0.3) is 0 Å². The number of amides is 2. The van der Waals surface area contributed by atoms with Crippen molar-refractivity contribution in [3.8, 4) is 0 Å². The minimum atomic E-state index is -3.98. The largest absolute Gasteiger partial charge is 0.357 e. The second-order valence-corrected chi connectivity index (χ2v) is 9.64. The van der Waals surface area contributed by atoms with Gasteiger partial charge in [-0.1, -0.05) is 30.3 Å². The van der Waals surface area contributed by atoms with E-state index in [1.54, 1.807) is 13.8 Å². The van der Waals surface area contributed by atoms with Crippen LogP contribution in [0.15, 0.2) is 42.5 Å². The number of nitrogens with zero attached hydrogens (tertiary/aromatic N) is 3. The second-order valence-electron chi connectivity index (χ2n) is 7.74. The van der Waals surface area contributed by atoms with Crippen LogP contribution < -0.4 is 9.62 Å². The molecule has 10 nitrogen and oxygen atoms in total. The molecule has 0 fully saturated rings. The molecular formula is C22H28N4O6S. The molecule has 0 saturated heterocycles. The Labute approximate surface area is 193 Å². The van der Waals surface area contributed by atoms with E-state index >= 15 is 0 Å². The van der Waals surface area contributed by atoms with E-state index in [2.05, 4.69) is 5.32 Å². The average molecular weight is 477 g/mol. The highest BCUT2D eigenvalue weighted by atomic mass is 32.2. The van der Waals surface area contributed by atoms with Gasteiger partial charge in [0.2, 0.25) is 21.8 Å². The highest BCUT2D eigenvalue weighted by Crippen LogP contribution is 2.28. The number of sulfonamides is 1. The summed E-state index contributed by atoms with van der Waals surface area (Å²) in [5.41, 5.74) is 1.90. The summed E-state index contributed by atoms with van der Waals surface area (Å²) in [6.07, 6.45) is 0.923. The summed E-state index contributed by atoms with van der Waals surface area (Å²) in [5.74, 6) is -1.03. The molecule has 11 heteroatoms. The summed E-state index contributed by atoms with van der Waals surface area (Å²) in [4.78, 5) is 37.6. The molecule has 2 amide bonds. The average Bonchev–Trinajstić information content (AvgIpc) is 2.75. The van der Waals surface area contributed by atoms with E-state index in [1.807, 2.05) is 31.2 Å². The van der Waals surface area contributed by atoms with Crippen LogP contribution in [0.2, 0.25) is 0 Å². The van der Waals surface area contributed by atoms with Crippen LogP contribution in [0.1, 0.15) is 23.6 Å². The van der Waals surface area contributed by atoms with E-state index in [0.29, 0.717) is 5.56 Å². The first-order valence-electron chi connectivity index (χ1n) is 10.1. The Morgan fingerprint density at radius 3 is 2.30 bits per heavy atom. The SMILES string of the molecule is CNC(=O)C(C)N(Cc1ccccc1C)C(=O)CN(c1cc([N+](=O)[O-])ccc1C)S(C)(=O)=O. The van der Waals surface area contributed by atoms with Crippen molar-refractivity contribution < 1.29 is 22.9 Å². The molecule has 33 heavy (non-hydrogen) atoms. The number of likely N-dealkylation sites (N-methyl/N-ethyl adjacent to an activating group) is 1. The highest BCUT2D eigenvalue weighted by Gasteiger charge is 2.31. The van der Waals surface area contributed by atoms with Crippen molar-refractivity contribution in [2.45, 2.75) is 33.4 Å². The number of hydrogen-bond donors (Lipinski definition) is 1. The third-order valence-electron chi connectivity index (χ3n) is 5.37. The first-order valence-corrected chi connectivity index (χ1v) is 12.0. The molecule has 0 saturated carbocycles. The zero-order chi connectivity index (χ0) is 24.9. The lowest BCUT2D eigenvalue weighted by atomic mass is 10.1. The molecule has 0 radical (unpaired) electrons. The fraction of sp³-hybridized carbons (Fsp3) is 0.364. The van der Waals surface area contributed by atoms with Crippen molar-refractivity contribution in [3.63, 3.8) is 0 Å². The Kier molecular flexibility index (Phi) is 8.15. The van der Waals surface area contributed by atoms with Crippen molar-refractivity contribution in [1.82, 2.24) is 10.2 Å². The van der Waals surface area contributed by atoms with Crippen LogP contribution in [0.4, 0.5) is 11.4 Å². The van der Waals surface area contributed by atoms with Crippen molar-refractivity contribution in [2.24, 2.45) is 0 Å². The van der Waals surface area contributed by atoms with E-state index in [9.17, 15) is 28.1 Å². The Hall–Kier alpha value is -3.47. The van der Waals surface area contributed by atoms with Gasteiger partial charge in [-0.2, -0.15) is 0 Å². The Morgan fingerprint density at radius 1 is 1.12 bits per heavy atom. The fourth-order valence-corrected chi connectivity index (χ4v) is 4.24. The van der Waals surface area contributed by atoms with Crippen molar-refractivity contribution >= 4 is 33.2 Å². The first-order chi connectivity index (χ1) is 15.4. The number of anilines is 1. The number of nitrogens with one attached hydrogen (secondary N) is 1. The monoisotopic (exact) mass is 476 g/mol. The summed E-state index contributed by atoms with van der Waals surface area (Å²) in [6.45, 7) is 4.50. The third-order valence-corrected chi connectivity index (χ3v) is 6.49. The molecule has 178 valence electrons. The van der Waals surface area contributed by atoms with Gasteiger partial charge in [-0.05, 0) is 37.5 Å². The standard InChI is InChI=1S/C22H28N4O6S/c1-15-8-6-7-9-18(15)13-24(17(3)22(28)23-4)21(27)14-25(33(5,31)32)20-12-19(26(29)30)11-10-16(20)2/h6-12,17H,13-14H2,1-5H3,(H,23,28). The normalized spacial score (nSPS) is 12.0. The lowest BCUT2D eigenvalue weighted by molar-refractivity contribution is -0.384. The maximum absolute atomic E-state index is 13.4. The smallest absolute Gasteiger partial charge is 0.271 e. The lowest BCUT2D eigenvalue weighted by Crippen LogP contribution is -2.50. The van der Waals surface area contributed by atoms with E-state index in [4.69, 9.17) is 0 Å². The zero-order valence-electron chi connectivity index (χ0n) is 19.2. The maximum Gasteiger partial charge on any atom is 0.271 e. The zero-order valence-corrected chi connectivity index (χ0v) is 20.0. The van der Waals surface area contributed by atoms with Gasteiger partial charge >= 0.3 is 0 Å². The lowest BCUT2D eigenvalue weighted by Gasteiger charge is -2.32. The number of nitro groups is 1. The van der Waals surface area contributed by atoms with E-state index < -0.39 is 39.3 Å². The molecule has 0 heterocycles. The van der Waals surface area contributed by atoms with Gasteiger partial charge in [-0.15, -0.1) is 0 Å². The molecule has 0 spiro atoms. The van der Waals surface area contributed by atoms with Crippen molar-refractivity contribution in [2.75, 3.05) is 24.2 Å². The molecule has 1 unspecified atom stereocenters. The van der Waals surface area contributed by atoms with Gasteiger partial charge in [0.25, 0.3) is 5.69 Å². The number of carbonyl (C=O) groups excluding carboxylic acids is 2. The Morgan fingerprint density at radius 2 is 1.76 bits per heavy atom. The molecule has 0 aliphatic carbocycles. The Bertz CT molecular complexity index is 1170. The van der Waals surface area contributed by atoms with Gasteiger partial charge in [0, 0.05) is 25.7 Å². The molecule has 0 aliphatic heterocycles. The van der Waals surface area contributed by atoms with Crippen LogP contribution >= 0.6 is 0 Å². The second kappa shape index (κ2) is 10.4. The number of rotatable bonds is 9. The number of non-ortho nitro benzene ring substituents is 1. The molecule has 2 rings (SSSR count). The topological polar surface area (TPSA) is 130 Å². The number of hydrogen-bond acceptors (Lipinski definition) is 6.